The van der Waals surface area contributed by atoms with E-state index in [-0.39, 0.29) is 5.78 Å². The lowest BCUT2D eigenvalue weighted by Crippen LogP contribution is -2.27. The molecule has 4 heteroatoms. The van der Waals surface area contributed by atoms with Gasteiger partial charge in [-0.25, -0.2) is 0 Å². The lowest BCUT2D eigenvalue weighted by molar-refractivity contribution is -0.138. The van der Waals surface area contributed by atoms with Gasteiger partial charge in [-0.3, -0.25) is 4.79 Å². The van der Waals surface area contributed by atoms with Gasteiger partial charge in [0.15, 0.2) is 5.78 Å². The summed E-state index contributed by atoms with van der Waals surface area (Å²) >= 11 is 0. The average molecular weight is 444 g/mol. The molecule has 0 spiro atoms. The number of hydrogen-bond acceptors (Lipinski definition) is 4. The van der Waals surface area contributed by atoms with Gasteiger partial charge in [-0.05, 0) is 93.0 Å². The van der Waals surface area contributed by atoms with E-state index in [1.54, 1.807) is 6.92 Å². The van der Waals surface area contributed by atoms with Crippen molar-refractivity contribution in [2.45, 2.75) is 65.1 Å². The maximum Gasteiger partial charge on any atom is 0.163 e. The van der Waals surface area contributed by atoms with Gasteiger partial charge in [0.05, 0.1) is 12.2 Å². The van der Waals surface area contributed by atoms with Crippen LogP contribution in [0.5, 0.6) is 5.75 Å². The number of ether oxygens (including phenoxy) is 2. The number of benzene rings is 3. The zero-order chi connectivity index (χ0) is 23.3. The van der Waals surface area contributed by atoms with Crippen LogP contribution in [0, 0.1) is 6.92 Å². The highest BCUT2D eigenvalue weighted by Crippen LogP contribution is 2.50. The fraction of sp³-hybridized carbons (Fsp3) is 0.414. The van der Waals surface area contributed by atoms with Crippen LogP contribution in [0.25, 0.3) is 21.9 Å². The van der Waals surface area contributed by atoms with Crippen molar-refractivity contribution in [3.8, 4) is 16.9 Å². The van der Waals surface area contributed by atoms with Crippen molar-refractivity contribution < 1.29 is 14.3 Å². The topological polar surface area (TPSA) is 47.6 Å². The molecule has 3 aromatic carbocycles. The first-order chi connectivity index (χ1) is 15.7. The van der Waals surface area contributed by atoms with Crippen molar-refractivity contribution in [2.75, 3.05) is 18.5 Å². The highest BCUT2D eigenvalue weighted by Gasteiger charge is 2.33. The number of ketones is 1. The molecule has 0 aromatic heterocycles. The quantitative estimate of drug-likeness (QED) is 0.474. The monoisotopic (exact) mass is 443 g/mol. The molecule has 2 aliphatic heterocycles. The van der Waals surface area contributed by atoms with Gasteiger partial charge in [0.2, 0.25) is 0 Å². The Morgan fingerprint density at radius 2 is 1.94 bits per heavy atom. The lowest BCUT2D eigenvalue weighted by Gasteiger charge is -2.35. The van der Waals surface area contributed by atoms with Crippen LogP contribution in [0.2, 0.25) is 0 Å². The van der Waals surface area contributed by atoms with Gasteiger partial charge in [0.25, 0.3) is 0 Å². The number of fused-ring (bicyclic) bond motifs is 1. The van der Waals surface area contributed by atoms with E-state index >= 15 is 0 Å². The van der Waals surface area contributed by atoms with E-state index in [1.165, 1.54) is 10.9 Å². The molecule has 0 saturated carbocycles. The zero-order valence-electron chi connectivity index (χ0n) is 20.2. The first kappa shape index (κ1) is 22.0. The molecule has 0 amide bonds. The minimum absolute atomic E-state index is 0.0188. The molecule has 0 saturated heterocycles. The molecule has 0 aliphatic carbocycles. The molecule has 2 heterocycles. The van der Waals surface area contributed by atoms with Crippen molar-refractivity contribution in [2.24, 2.45) is 0 Å². The van der Waals surface area contributed by atoms with E-state index in [2.05, 4.69) is 54.7 Å². The molecule has 172 valence electrons. The minimum Gasteiger partial charge on any atom is -0.493 e. The fourth-order valence-corrected chi connectivity index (χ4v) is 5.48. The summed E-state index contributed by atoms with van der Waals surface area (Å²) in [5.74, 6) is 1.52. The van der Waals surface area contributed by atoms with Gasteiger partial charge in [0, 0.05) is 23.4 Å². The molecule has 1 N–H and O–H groups in total. The Hall–Kier alpha value is -2.85. The average Bonchev–Trinajstić information content (AvgIpc) is 2.77. The Kier molecular flexibility index (Phi) is 5.44. The lowest BCUT2D eigenvalue weighted by atomic mass is 9.80. The third-order valence-electron chi connectivity index (χ3n) is 6.80. The number of carbonyl (C=O) groups is 1. The molecular weight excluding hydrogens is 410 g/mol. The van der Waals surface area contributed by atoms with Gasteiger partial charge in [0.1, 0.15) is 11.9 Å². The number of aryl methyl sites for hydroxylation is 1. The first-order valence-corrected chi connectivity index (χ1v) is 12.0. The van der Waals surface area contributed by atoms with Gasteiger partial charge in [-0.2, -0.15) is 0 Å². The molecule has 0 fully saturated rings. The minimum atomic E-state index is -0.636. The van der Waals surface area contributed by atoms with Crippen molar-refractivity contribution in [3.63, 3.8) is 0 Å². The maximum atomic E-state index is 13.0. The smallest absolute Gasteiger partial charge is 0.163 e. The summed E-state index contributed by atoms with van der Waals surface area (Å²) in [4.78, 5) is 13.0. The van der Waals surface area contributed by atoms with E-state index in [0.29, 0.717) is 5.92 Å². The normalized spacial score (nSPS) is 18.3. The van der Waals surface area contributed by atoms with Crippen molar-refractivity contribution in [1.29, 1.82) is 0 Å². The number of rotatable bonds is 4. The SMILES string of the molecule is CC(=O)[C@@H](OC(C)(C)C)c1c(C)cc2ccccc2c1-c1ccc2c3c1NCCC3CCO2. The Labute approximate surface area is 196 Å². The molecule has 2 atom stereocenters. The summed E-state index contributed by atoms with van der Waals surface area (Å²) in [6.45, 7) is 11.5. The molecule has 3 aromatic rings. The Morgan fingerprint density at radius 3 is 2.70 bits per heavy atom. The van der Waals surface area contributed by atoms with Crippen LogP contribution in [0.1, 0.15) is 69.2 Å². The molecule has 5 rings (SSSR count). The van der Waals surface area contributed by atoms with E-state index in [1.807, 2.05) is 20.8 Å². The molecule has 1 unspecified atom stereocenters. The van der Waals surface area contributed by atoms with Crippen LogP contribution < -0.4 is 10.1 Å². The molecular formula is C29H33NO3. The predicted molar refractivity (Wildman–Crippen MR) is 134 cm³/mol. The molecule has 0 bridgehead atoms. The second-order valence-corrected chi connectivity index (χ2v) is 10.4. The third kappa shape index (κ3) is 3.91. The van der Waals surface area contributed by atoms with Gasteiger partial charge in [-0.15, -0.1) is 0 Å². The van der Waals surface area contributed by atoms with Gasteiger partial charge in [-0.1, -0.05) is 30.3 Å². The fourth-order valence-electron chi connectivity index (χ4n) is 5.48. The second-order valence-electron chi connectivity index (χ2n) is 10.4. The van der Waals surface area contributed by atoms with Gasteiger partial charge < -0.3 is 14.8 Å². The maximum absolute atomic E-state index is 13.0. The highest BCUT2D eigenvalue weighted by atomic mass is 16.5. The van der Waals surface area contributed by atoms with Crippen LogP contribution in [0.3, 0.4) is 0 Å². The summed E-state index contributed by atoms with van der Waals surface area (Å²) in [6.07, 6.45) is 1.54. The largest absolute Gasteiger partial charge is 0.493 e. The van der Waals surface area contributed by atoms with E-state index in [0.717, 1.165) is 65.1 Å². The highest BCUT2D eigenvalue weighted by molar-refractivity contribution is 6.04. The summed E-state index contributed by atoms with van der Waals surface area (Å²) in [5, 5.41) is 6.00. The molecule has 4 nitrogen and oxygen atoms in total. The standard InChI is InChI=1S/C29H33NO3/c1-17-16-20-8-6-7-9-21(20)26(24(17)28(18(2)31)33-29(3,4)5)22-10-11-23-25-19(13-15-32-23)12-14-30-27(22)25/h6-11,16,19,28,30H,12-15H2,1-5H3/t19?,28-/m1/s1. The molecule has 0 radical (unpaired) electrons. The van der Waals surface area contributed by atoms with Crippen molar-refractivity contribution in [3.05, 3.63) is 59.2 Å². The summed E-state index contributed by atoms with van der Waals surface area (Å²) in [6, 6.07) is 14.9. The van der Waals surface area contributed by atoms with E-state index in [4.69, 9.17) is 9.47 Å². The van der Waals surface area contributed by atoms with Crippen molar-refractivity contribution >= 4 is 22.2 Å². The van der Waals surface area contributed by atoms with Gasteiger partial charge >= 0.3 is 0 Å². The van der Waals surface area contributed by atoms with Crippen LogP contribution in [0.15, 0.2) is 42.5 Å². The predicted octanol–water partition coefficient (Wildman–Crippen LogP) is 6.94. The van der Waals surface area contributed by atoms with E-state index in [9.17, 15) is 4.79 Å². The summed E-state index contributed by atoms with van der Waals surface area (Å²) in [7, 11) is 0. The number of nitrogens with one attached hydrogen (secondary N) is 1. The Bertz CT molecular complexity index is 1240. The van der Waals surface area contributed by atoms with Crippen LogP contribution >= 0.6 is 0 Å². The number of Topliss-reactive ketones (excluding diaryl/α,β-unsaturated/α-hetero) is 1. The first-order valence-electron chi connectivity index (χ1n) is 12.0. The third-order valence-corrected chi connectivity index (χ3v) is 6.80. The van der Waals surface area contributed by atoms with Crippen LogP contribution in [0.4, 0.5) is 5.69 Å². The zero-order valence-corrected chi connectivity index (χ0v) is 20.2. The van der Waals surface area contributed by atoms with Crippen LogP contribution in [-0.2, 0) is 9.53 Å². The number of hydrogen-bond donors (Lipinski definition) is 1. The number of carbonyl (C=O) groups excluding carboxylic acids is 1. The Morgan fingerprint density at radius 1 is 1.15 bits per heavy atom. The molecule has 33 heavy (non-hydrogen) atoms. The number of anilines is 1. The summed E-state index contributed by atoms with van der Waals surface area (Å²) in [5.41, 5.74) is 6.24. The molecule has 2 aliphatic rings. The Balaban J connectivity index is 1.85. The summed E-state index contributed by atoms with van der Waals surface area (Å²) < 4.78 is 12.4. The van der Waals surface area contributed by atoms with E-state index < -0.39 is 11.7 Å². The van der Waals surface area contributed by atoms with Crippen molar-refractivity contribution in [1.82, 2.24) is 0 Å². The second kappa shape index (κ2) is 8.18. The van der Waals surface area contributed by atoms with Crippen LogP contribution in [-0.4, -0.2) is 24.5 Å².